The van der Waals surface area contributed by atoms with Crippen molar-refractivity contribution in [2.75, 3.05) is 0 Å². The Bertz CT molecular complexity index is 658. The molecule has 0 spiro atoms. The molecule has 25 heavy (non-hydrogen) atoms. The minimum absolute atomic E-state index is 0.0471. The lowest BCUT2D eigenvalue weighted by Crippen LogP contribution is -2.18. The van der Waals surface area contributed by atoms with Crippen LogP contribution in [-0.2, 0) is 13.2 Å². The minimum Gasteiger partial charge on any atom is -0.489 e. The topological polar surface area (TPSA) is 49.7 Å². The van der Waals surface area contributed by atoms with E-state index in [1.54, 1.807) is 0 Å². The van der Waals surface area contributed by atoms with Gasteiger partial charge in [0.1, 0.15) is 12.4 Å². The molecule has 0 saturated heterocycles. The van der Waals surface area contributed by atoms with Gasteiger partial charge in [-0.1, -0.05) is 49.7 Å². The van der Waals surface area contributed by atoms with E-state index in [2.05, 4.69) is 19.1 Å². The fraction of sp³-hybridized carbons (Fsp3) is 0.455. The van der Waals surface area contributed by atoms with Gasteiger partial charge in [-0.15, -0.1) is 0 Å². The third-order valence-corrected chi connectivity index (χ3v) is 4.43. The highest BCUT2D eigenvalue weighted by atomic mass is 16.5. The highest BCUT2D eigenvalue weighted by molar-refractivity contribution is 5.31. The number of hydrogen-bond acceptors (Lipinski definition) is 3. The van der Waals surface area contributed by atoms with E-state index in [0.717, 1.165) is 36.1 Å². The number of hydrogen-bond donors (Lipinski definition) is 2. The smallest absolute Gasteiger partial charge is 0.120 e. The average molecular weight is 342 g/mol. The molecular formula is C22H30O3. The van der Waals surface area contributed by atoms with Crippen molar-refractivity contribution < 1.29 is 14.9 Å². The maximum atomic E-state index is 9.83. The zero-order valence-corrected chi connectivity index (χ0v) is 15.5. The van der Waals surface area contributed by atoms with Crippen LogP contribution in [0.25, 0.3) is 0 Å². The van der Waals surface area contributed by atoms with Crippen LogP contribution in [-0.4, -0.2) is 15.8 Å². The van der Waals surface area contributed by atoms with E-state index in [9.17, 15) is 10.2 Å². The Balaban J connectivity index is 1.91. The normalized spacial score (nSPS) is 12.8. The molecule has 0 saturated carbocycles. The van der Waals surface area contributed by atoms with Crippen LogP contribution in [0.3, 0.4) is 0 Å². The predicted octanol–water partition coefficient (Wildman–Crippen LogP) is 4.80. The van der Waals surface area contributed by atoms with Gasteiger partial charge in [0.25, 0.3) is 0 Å². The Morgan fingerprint density at radius 1 is 1.04 bits per heavy atom. The van der Waals surface area contributed by atoms with Gasteiger partial charge in [0.15, 0.2) is 0 Å². The highest BCUT2D eigenvalue weighted by Crippen LogP contribution is 2.26. The number of ether oxygens (including phenoxy) is 1. The van der Waals surface area contributed by atoms with Crippen molar-refractivity contribution in [3.05, 3.63) is 65.2 Å². The first-order valence-corrected chi connectivity index (χ1v) is 9.01. The van der Waals surface area contributed by atoms with Gasteiger partial charge in [-0.2, -0.15) is 0 Å². The molecule has 2 aromatic rings. The molecule has 0 aliphatic carbocycles. The zero-order valence-electron chi connectivity index (χ0n) is 15.5. The van der Waals surface area contributed by atoms with Crippen LogP contribution in [0.1, 0.15) is 62.6 Å². The van der Waals surface area contributed by atoms with Crippen molar-refractivity contribution in [1.29, 1.82) is 0 Å². The molecule has 0 radical (unpaired) electrons. The first-order chi connectivity index (χ1) is 11.9. The lowest BCUT2D eigenvalue weighted by atomic mass is 9.92. The number of aliphatic hydroxyl groups is 2. The largest absolute Gasteiger partial charge is 0.489 e. The third kappa shape index (κ3) is 6.89. The summed E-state index contributed by atoms with van der Waals surface area (Å²) in [5, 5.41) is 19.0. The zero-order chi connectivity index (χ0) is 18.3. The van der Waals surface area contributed by atoms with Crippen molar-refractivity contribution in [2.24, 2.45) is 0 Å². The molecule has 0 aliphatic rings. The number of rotatable bonds is 9. The summed E-state index contributed by atoms with van der Waals surface area (Å²) in [7, 11) is 0. The van der Waals surface area contributed by atoms with Gasteiger partial charge in [0, 0.05) is 0 Å². The van der Waals surface area contributed by atoms with Gasteiger partial charge >= 0.3 is 0 Å². The first-order valence-electron chi connectivity index (χ1n) is 9.01. The van der Waals surface area contributed by atoms with Gasteiger partial charge in [0.05, 0.1) is 12.2 Å². The summed E-state index contributed by atoms with van der Waals surface area (Å²) >= 11 is 0. The van der Waals surface area contributed by atoms with Crippen LogP contribution < -0.4 is 4.74 Å². The monoisotopic (exact) mass is 342 g/mol. The number of benzene rings is 2. The molecule has 1 unspecified atom stereocenters. The van der Waals surface area contributed by atoms with Crippen molar-refractivity contribution in [3.8, 4) is 5.75 Å². The maximum absolute atomic E-state index is 9.83. The Kier molecular flexibility index (Phi) is 7.03. The minimum atomic E-state index is -0.589. The van der Waals surface area contributed by atoms with E-state index in [4.69, 9.17) is 4.74 Å². The summed E-state index contributed by atoms with van der Waals surface area (Å²) in [4.78, 5) is 0. The van der Waals surface area contributed by atoms with Gasteiger partial charge < -0.3 is 14.9 Å². The van der Waals surface area contributed by atoms with Crippen LogP contribution in [0, 0.1) is 0 Å². The van der Waals surface area contributed by atoms with Crippen LogP contribution in [0.5, 0.6) is 5.75 Å². The summed E-state index contributed by atoms with van der Waals surface area (Å²) in [6.45, 7) is 6.47. The SMILES string of the molecule is CC(CCCC(C)(C)O)c1cccc(OCc2cccc(CO)c2)c1. The van der Waals surface area contributed by atoms with Crippen molar-refractivity contribution in [2.45, 2.75) is 64.8 Å². The quantitative estimate of drug-likeness (QED) is 0.688. The van der Waals surface area contributed by atoms with Gasteiger partial charge in [-0.25, -0.2) is 0 Å². The molecule has 2 aromatic carbocycles. The fourth-order valence-corrected chi connectivity index (χ4v) is 2.90. The van der Waals surface area contributed by atoms with E-state index >= 15 is 0 Å². The van der Waals surface area contributed by atoms with Gasteiger partial charge in [-0.3, -0.25) is 0 Å². The third-order valence-electron chi connectivity index (χ3n) is 4.43. The summed E-state index contributed by atoms with van der Waals surface area (Å²) in [6.07, 6.45) is 2.87. The maximum Gasteiger partial charge on any atom is 0.120 e. The van der Waals surface area contributed by atoms with Crippen molar-refractivity contribution >= 4 is 0 Å². The molecule has 2 N–H and O–H groups in total. The Labute approximate surface area is 151 Å². The Morgan fingerprint density at radius 3 is 2.48 bits per heavy atom. The van der Waals surface area contributed by atoms with E-state index in [1.807, 2.05) is 50.2 Å². The molecule has 3 heteroatoms. The standard InChI is InChI=1S/C22H30O3/c1-17(7-6-12-22(2,3)24)20-10-5-11-21(14-20)25-16-19-9-4-8-18(13-19)15-23/h4-5,8-11,13-14,17,23-24H,6-7,12,15-16H2,1-3H3. The van der Waals surface area contributed by atoms with E-state index in [-0.39, 0.29) is 6.61 Å². The van der Waals surface area contributed by atoms with Crippen molar-refractivity contribution in [3.63, 3.8) is 0 Å². The first kappa shape index (κ1) is 19.5. The van der Waals surface area contributed by atoms with Crippen LogP contribution in [0.4, 0.5) is 0 Å². The molecular weight excluding hydrogens is 312 g/mol. The van der Waals surface area contributed by atoms with Crippen LogP contribution in [0.15, 0.2) is 48.5 Å². The second kappa shape index (κ2) is 9.02. The lowest BCUT2D eigenvalue weighted by molar-refractivity contribution is 0.0678. The van der Waals surface area contributed by atoms with Crippen molar-refractivity contribution in [1.82, 2.24) is 0 Å². The summed E-state index contributed by atoms with van der Waals surface area (Å²) in [5.74, 6) is 1.30. The molecule has 0 heterocycles. The Hall–Kier alpha value is -1.84. The molecule has 0 aromatic heterocycles. The summed E-state index contributed by atoms with van der Waals surface area (Å²) < 4.78 is 5.92. The predicted molar refractivity (Wildman–Crippen MR) is 102 cm³/mol. The van der Waals surface area contributed by atoms with E-state index in [0.29, 0.717) is 12.5 Å². The summed E-state index contributed by atoms with van der Waals surface area (Å²) in [6, 6.07) is 16.0. The average Bonchev–Trinajstić information content (AvgIpc) is 2.59. The molecule has 136 valence electrons. The molecule has 1 atom stereocenters. The highest BCUT2D eigenvalue weighted by Gasteiger charge is 2.13. The van der Waals surface area contributed by atoms with Gasteiger partial charge in [-0.05, 0) is 61.4 Å². The molecule has 0 amide bonds. The Morgan fingerprint density at radius 2 is 1.76 bits per heavy atom. The molecule has 0 aliphatic heterocycles. The number of aliphatic hydroxyl groups excluding tert-OH is 1. The second-order valence-electron chi connectivity index (χ2n) is 7.44. The van der Waals surface area contributed by atoms with Crippen LogP contribution >= 0.6 is 0 Å². The van der Waals surface area contributed by atoms with E-state index < -0.39 is 5.60 Å². The molecule has 0 bridgehead atoms. The molecule has 3 nitrogen and oxygen atoms in total. The van der Waals surface area contributed by atoms with E-state index in [1.165, 1.54) is 5.56 Å². The fourth-order valence-electron chi connectivity index (χ4n) is 2.90. The summed E-state index contributed by atoms with van der Waals surface area (Å²) in [5.41, 5.74) is 2.62. The molecule has 0 fully saturated rings. The van der Waals surface area contributed by atoms with Gasteiger partial charge in [0.2, 0.25) is 0 Å². The lowest BCUT2D eigenvalue weighted by Gasteiger charge is -2.19. The molecule has 2 rings (SSSR count). The van der Waals surface area contributed by atoms with Crippen LogP contribution in [0.2, 0.25) is 0 Å². The second-order valence-corrected chi connectivity index (χ2v) is 7.44.